The Morgan fingerprint density at radius 2 is 1.60 bits per heavy atom. The molecule has 1 aliphatic heterocycles. The molecule has 0 unspecified atom stereocenters. The summed E-state index contributed by atoms with van der Waals surface area (Å²) in [5.74, 6) is 1.15. The highest BCUT2D eigenvalue weighted by atomic mass is 15.4. The quantitative estimate of drug-likeness (QED) is 0.719. The second-order valence-corrected chi connectivity index (χ2v) is 6.93. The zero-order valence-electron chi connectivity index (χ0n) is 15.2. The number of benzene rings is 1. The molecule has 1 aliphatic rings. The van der Waals surface area contributed by atoms with Crippen molar-refractivity contribution in [1.82, 2.24) is 14.6 Å². The lowest BCUT2D eigenvalue weighted by Gasteiger charge is -2.26. The van der Waals surface area contributed by atoms with Crippen LogP contribution >= 0.6 is 0 Å². The Bertz CT molecular complexity index is 898. The first-order valence-electron chi connectivity index (χ1n) is 9.01. The third kappa shape index (κ3) is 3.06. The normalized spacial score (nSPS) is 15.6. The minimum absolute atomic E-state index is 0.938. The van der Waals surface area contributed by atoms with E-state index >= 15 is 0 Å². The average Bonchev–Trinajstić information content (AvgIpc) is 2.80. The molecule has 0 saturated carbocycles. The van der Waals surface area contributed by atoms with Crippen LogP contribution in [0.15, 0.2) is 36.4 Å². The smallest absolute Gasteiger partial charge is 0.157 e. The molecule has 5 nitrogen and oxygen atoms in total. The van der Waals surface area contributed by atoms with Gasteiger partial charge in [-0.15, -0.1) is 0 Å². The van der Waals surface area contributed by atoms with Gasteiger partial charge in [-0.3, -0.25) is 0 Å². The summed E-state index contributed by atoms with van der Waals surface area (Å²) in [4.78, 5) is 9.57. The summed E-state index contributed by atoms with van der Waals surface area (Å²) in [5, 5.41) is 4.65. The fourth-order valence-electron chi connectivity index (χ4n) is 3.73. The fourth-order valence-corrected chi connectivity index (χ4v) is 3.73. The van der Waals surface area contributed by atoms with E-state index in [0.717, 1.165) is 55.5 Å². The van der Waals surface area contributed by atoms with Crippen LogP contribution in [-0.4, -0.2) is 40.8 Å². The van der Waals surface area contributed by atoms with Crippen LogP contribution in [0.2, 0.25) is 0 Å². The van der Waals surface area contributed by atoms with E-state index in [-0.39, 0.29) is 0 Å². The molecule has 5 heteroatoms. The number of para-hydroxylation sites is 1. The molecule has 0 aliphatic carbocycles. The first-order chi connectivity index (χ1) is 12.1. The van der Waals surface area contributed by atoms with Crippen LogP contribution in [0.1, 0.15) is 23.4 Å². The molecule has 2 aromatic heterocycles. The van der Waals surface area contributed by atoms with Gasteiger partial charge in [0.2, 0.25) is 0 Å². The fraction of sp³-hybridized carbons (Fsp3) is 0.400. The van der Waals surface area contributed by atoms with Crippen LogP contribution in [0.5, 0.6) is 0 Å². The van der Waals surface area contributed by atoms with Gasteiger partial charge in [-0.05, 0) is 38.8 Å². The molecule has 1 aromatic carbocycles. The van der Waals surface area contributed by atoms with Crippen molar-refractivity contribution in [2.45, 2.75) is 27.2 Å². The van der Waals surface area contributed by atoms with E-state index in [1.807, 2.05) is 17.5 Å². The van der Waals surface area contributed by atoms with Crippen LogP contribution in [0, 0.1) is 20.8 Å². The lowest BCUT2D eigenvalue weighted by molar-refractivity contribution is 0.765. The van der Waals surface area contributed by atoms with Crippen molar-refractivity contribution in [2.24, 2.45) is 0 Å². The lowest BCUT2D eigenvalue weighted by Crippen LogP contribution is -2.32. The zero-order chi connectivity index (χ0) is 17.4. The van der Waals surface area contributed by atoms with Crippen molar-refractivity contribution in [3.05, 3.63) is 53.3 Å². The van der Waals surface area contributed by atoms with Crippen LogP contribution in [-0.2, 0) is 0 Å². The summed E-state index contributed by atoms with van der Waals surface area (Å²) >= 11 is 0. The molecule has 0 N–H and O–H groups in total. The molecule has 0 atom stereocenters. The van der Waals surface area contributed by atoms with E-state index < -0.39 is 0 Å². The van der Waals surface area contributed by atoms with Gasteiger partial charge in [-0.25, -0.2) is 4.98 Å². The van der Waals surface area contributed by atoms with Crippen molar-refractivity contribution in [1.29, 1.82) is 0 Å². The minimum atomic E-state index is 0.938. The molecule has 0 bridgehead atoms. The minimum Gasteiger partial charge on any atom is -0.369 e. The summed E-state index contributed by atoms with van der Waals surface area (Å²) in [6, 6.07) is 12.9. The Labute approximate surface area is 148 Å². The average molecular weight is 335 g/mol. The number of fused-ring (bicyclic) bond motifs is 1. The molecule has 4 rings (SSSR count). The molecule has 0 amide bonds. The van der Waals surface area contributed by atoms with Gasteiger partial charge in [-0.1, -0.05) is 18.2 Å². The molecule has 1 fully saturated rings. The van der Waals surface area contributed by atoms with Crippen molar-refractivity contribution in [3.8, 4) is 0 Å². The highest BCUT2D eigenvalue weighted by Gasteiger charge is 2.19. The number of aryl methyl sites for hydroxylation is 3. The summed E-state index contributed by atoms with van der Waals surface area (Å²) in [6.07, 6.45) is 1.14. The summed E-state index contributed by atoms with van der Waals surface area (Å²) in [5.41, 5.74) is 5.70. The Hall–Kier alpha value is -2.56. The maximum absolute atomic E-state index is 4.65. The number of aromatic nitrogens is 3. The van der Waals surface area contributed by atoms with E-state index in [0.29, 0.717) is 0 Å². The molecule has 3 aromatic rings. The number of hydrogen-bond donors (Lipinski definition) is 0. The summed E-state index contributed by atoms with van der Waals surface area (Å²) in [6.45, 7) is 10.4. The monoisotopic (exact) mass is 335 g/mol. The molecule has 1 saturated heterocycles. The van der Waals surface area contributed by atoms with Gasteiger partial charge >= 0.3 is 0 Å². The van der Waals surface area contributed by atoms with E-state index in [4.69, 9.17) is 0 Å². The van der Waals surface area contributed by atoms with Crippen LogP contribution in [0.4, 0.5) is 11.5 Å². The van der Waals surface area contributed by atoms with Gasteiger partial charge in [0, 0.05) is 49.7 Å². The van der Waals surface area contributed by atoms with Crippen molar-refractivity contribution in [3.63, 3.8) is 0 Å². The SMILES string of the molecule is Cc1cc(N2CCCN(c3ccccc3C)CC2)n2nc(C)cc2n1. The maximum Gasteiger partial charge on any atom is 0.157 e. The Balaban J connectivity index is 1.62. The molecule has 25 heavy (non-hydrogen) atoms. The predicted molar refractivity (Wildman–Crippen MR) is 103 cm³/mol. The van der Waals surface area contributed by atoms with Crippen LogP contribution in [0.25, 0.3) is 5.65 Å². The third-order valence-corrected chi connectivity index (χ3v) is 4.93. The van der Waals surface area contributed by atoms with Gasteiger partial charge < -0.3 is 9.80 Å². The predicted octanol–water partition coefficient (Wildman–Crippen LogP) is 3.37. The highest BCUT2D eigenvalue weighted by Crippen LogP contribution is 2.24. The van der Waals surface area contributed by atoms with Crippen molar-refractivity contribution < 1.29 is 0 Å². The second kappa shape index (κ2) is 6.39. The number of rotatable bonds is 2. The van der Waals surface area contributed by atoms with E-state index in [1.165, 1.54) is 11.3 Å². The Morgan fingerprint density at radius 1 is 0.840 bits per heavy atom. The summed E-state index contributed by atoms with van der Waals surface area (Å²) < 4.78 is 1.99. The van der Waals surface area contributed by atoms with Crippen molar-refractivity contribution in [2.75, 3.05) is 36.0 Å². The third-order valence-electron chi connectivity index (χ3n) is 4.93. The van der Waals surface area contributed by atoms with Gasteiger partial charge in [0.25, 0.3) is 0 Å². The van der Waals surface area contributed by atoms with Gasteiger partial charge in [0.15, 0.2) is 5.65 Å². The van der Waals surface area contributed by atoms with Crippen LogP contribution in [0.3, 0.4) is 0 Å². The number of nitrogens with zero attached hydrogens (tertiary/aromatic N) is 5. The van der Waals surface area contributed by atoms with E-state index in [9.17, 15) is 0 Å². The maximum atomic E-state index is 4.65. The molecular weight excluding hydrogens is 310 g/mol. The Morgan fingerprint density at radius 3 is 2.44 bits per heavy atom. The molecule has 0 radical (unpaired) electrons. The topological polar surface area (TPSA) is 36.7 Å². The number of anilines is 2. The zero-order valence-corrected chi connectivity index (χ0v) is 15.2. The van der Waals surface area contributed by atoms with Gasteiger partial charge in [0.1, 0.15) is 5.82 Å². The first kappa shape index (κ1) is 15.9. The van der Waals surface area contributed by atoms with Crippen LogP contribution < -0.4 is 9.80 Å². The van der Waals surface area contributed by atoms with E-state index in [2.05, 4.69) is 64.1 Å². The largest absolute Gasteiger partial charge is 0.369 e. The van der Waals surface area contributed by atoms with Crippen molar-refractivity contribution >= 4 is 17.2 Å². The Kier molecular flexibility index (Phi) is 4.07. The summed E-state index contributed by atoms with van der Waals surface area (Å²) in [7, 11) is 0. The second-order valence-electron chi connectivity index (χ2n) is 6.93. The van der Waals surface area contributed by atoms with Gasteiger partial charge in [0.05, 0.1) is 5.69 Å². The standard InChI is InChI=1S/C20H25N5/c1-15-7-4-5-8-18(15)23-9-6-10-24(12-11-23)20-14-16(2)21-19-13-17(3)22-25(19)20/h4-5,7-8,13-14H,6,9-12H2,1-3H3. The van der Waals surface area contributed by atoms with Gasteiger partial charge in [-0.2, -0.15) is 9.61 Å². The molecular formula is C20H25N5. The lowest BCUT2D eigenvalue weighted by atomic mass is 10.2. The first-order valence-corrected chi connectivity index (χ1v) is 9.01. The number of hydrogen-bond acceptors (Lipinski definition) is 4. The molecule has 3 heterocycles. The molecule has 0 spiro atoms. The van der Waals surface area contributed by atoms with E-state index in [1.54, 1.807) is 0 Å². The molecule has 130 valence electrons. The highest BCUT2D eigenvalue weighted by molar-refractivity contribution is 5.55.